The van der Waals surface area contributed by atoms with Crippen molar-refractivity contribution in [1.29, 1.82) is 5.41 Å². The minimum Gasteiger partial charge on any atom is -0.334 e. The van der Waals surface area contributed by atoms with E-state index in [0.717, 1.165) is 47.1 Å². The molecule has 3 aliphatic rings. The normalized spacial score (nSPS) is 18.5. The Morgan fingerprint density at radius 2 is 1.88 bits per heavy atom. The summed E-state index contributed by atoms with van der Waals surface area (Å²) in [7, 11) is 0. The molecule has 130 valence electrons. The Hall–Kier alpha value is -2.67. The van der Waals surface area contributed by atoms with Crippen molar-refractivity contribution in [2.45, 2.75) is 31.6 Å². The predicted octanol–water partition coefficient (Wildman–Crippen LogP) is 3.86. The van der Waals surface area contributed by atoms with E-state index in [1.165, 1.54) is 10.6 Å². The van der Waals surface area contributed by atoms with Gasteiger partial charge in [-0.25, -0.2) is 9.97 Å². The smallest absolute Gasteiger partial charge is 0.252 e. The molecule has 26 heavy (non-hydrogen) atoms. The average Bonchev–Trinajstić information content (AvgIpc) is 3.06. The second-order valence-electron chi connectivity index (χ2n) is 6.66. The van der Waals surface area contributed by atoms with Gasteiger partial charge in [-0.05, 0) is 44.9 Å². The Labute approximate surface area is 156 Å². The molecule has 0 amide bonds. The number of para-hydroxylation sites is 1. The second-order valence-corrected chi connectivity index (χ2v) is 7.69. The van der Waals surface area contributed by atoms with Crippen LogP contribution in [0.3, 0.4) is 0 Å². The number of fused-ring (bicyclic) bond motifs is 4. The van der Waals surface area contributed by atoms with Crippen LogP contribution in [0.4, 0.5) is 11.6 Å². The Morgan fingerprint density at radius 3 is 2.69 bits per heavy atom. The van der Waals surface area contributed by atoms with Gasteiger partial charge in [0.15, 0.2) is 5.84 Å². The van der Waals surface area contributed by atoms with Gasteiger partial charge in [-0.2, -0.15) is 10.1 Å². The number of aryl methyl sites for hydroxylation is 2. The van der Waals surface area contributed by atoms with Crippen LogP contribution in [0.25, 0.3) is 0 Å². The largest absolute Gasteiger partial charge is 0.334 e. The maximum absolute atomic E-state index is 8.80. The molecule has 0 unspecified atom stereocenters. The summed E-state index contributed by atoms with van der Waals surface area (Å²) in [5.74, 6) is 0.848. The quantitative estimate of drug-likeness (QED) is 0.834. The maximum Gasteiger partial charge on any atom is 0.252 e. The molecular weight excluding hydrogens is 344 g/mol. The average molecular weight is 362 g/mol. The van der Waals surface area contributed by atoms with E-state index in [2.05, 4.69) is 39.1 Å². The summed E-state index contributed by atoms with van der Waals surface area (Å²) < 4.78 is 0. The Kier molecular flexibility index (Phi) is 3.40. The third-order valence-corrected chi connectivity index (χ3v) is 5.92. The van der Waals surface area contributed by atoms with E-state index in [9.17, 15) is 0 Å². The van der Waals surface area contributed by atoms with Gasteiger partial charge in [0.2, 0.25) is 0 Å². The number of hydrazone groups is 1. The van der Waals surface area contributed by atoms with Crippen molar-refractivity contribution in [2.24, 2.45) is 5.10 Å². The monoisotopic (exact) mass is 362 g/mol. The van der Waals surface area contributed by atoms with Crippen molar-refractivity contribution < 1.29 is 0 Å². The highest BCUT2D eigenvalue weighted by Gasteiger charge is 2.39. The SMILES string of the molecule is Cc1cc(C)nc(N2N=C3CCCN4C(=C3C2=N)Sc2ccccc24)n1. The molecule has 6 nitrogen and oxygen atoms in total. The molecule has 0 aliphatic carbocycles. The first-order valence-corrected chi connectivity index (χ1v) is 9.51. The maximum atomic E-state index is 8.80. The molecule has 0 fully saturated rings. The van der Waals surface area contributed by atoms with Gasteiger partial charge in [0.25, 0.3) is 5.95 Å². The zero-order chi connectivity index (χ0) is 17.8. The molecule has 5 rings (SSSR count). The lowest BCUT2D eigenvalue weighted by molar-refractivity contribution is 0.843. The number of hydrogen-bond acceptors (Lipinski definition) is 6. The van der Waals surface area contributed by atoms with Crippen molar-refractivity contribution in [3.63, 3.8) is 0 Å². The summed E-state index contributed by atoms with van der Waals surface area (Å²) in [5, 5.41) is 16.2. The van der Waals surface area contributed by atoms with Gasteiger partial charge < -0.3 is 4.90 Å². The van der Waals surface area contributed by atoms with Crippen LogP contribution in [0.2, 0.25) is 0 Å². The van der Waals surface area contributed by atoms with Gasteiger partial charge in [0, 0.05) is 22.8 Å². The molecule has 0 atom stereocenters. The fraction of sp³-hybridized carbons (Fsp3) is 0.263. The number of anilines is 2. The summed E-state index contributed by atoms with van der Waals surface area (Å²) in [6.07, 6.45) is 1.87. The summed E-state index contributed by atoms with van der Waals surface area (Å²) in [5.41, 5.74) is 4.89. The molecule has 0 saturated carbocycles. The van der Waals surface area contributed by atoms with Crippen LogP contribution in [0.15, 0.2) is 50.9 Å². The number of amidine groups is 1. The summed E-state index contributed by atoms with van der Waals surface area (Å²) in [4.78, 5) is 12.6. The zero-order valence-electron chi connectivity index (χ0n) is 14.7. The van der Waals surface area contributed by atoms with E-state index >= 15 is 0 Å². The molecule has 1 aromatic carbocycles. The lowest BCUT2D eigenvalue weighted by Gasteiger charge is -2.20. The van der Waals surface area contributed by atoms with E-state index in [0.29, 0.717) is 11.8 Å². The van der Waals surface area contributed by atoms with Gasteiger partial charge in [0.05, 0.1) is 22.0 Å². The standard InChI is InChI=1S/C19H18N6S/c1-11-10-12(2)22-19(21-11)25-17(20)16-13(23-25)6-5-9-24-14-7-3-4-8-15(14)26-18(16)24/h3-4,7-8,10,20H,5-6,9H2,1-2H3. The van der Waals surface area contributed by atoms with Gasteiger partial charge in [-0.1, -0.05) is 23.9 Å². The van der Waals surface area contributed by atoms with Crippen LogP contribution in [0.5, 0.6) is 0 Å². The van der Waals surface area contributed by atoms with Gasteiger partial charge in [-0.3, -0.25) is 5.41 Å². The molecule has 2 aromatic rings. The first kappa shape index (κ1) is 15.6. The Bertz CT molecular complexity index is 989. The Balaban J connectivity index is 1.62. The van der Waals surface area contributed by atoms with Crippen LogP contribution < -0.4 is 9.91 Å². The van der Waals surface area contributed by atoms with E-state index < -0.39 is 0 Å². The Morgan fingerprint density at radius 1 is 1.12 bits per heavy atom. The van der Waals surface area contributed by atoms with Gasteiger partial charge in [-0.15, -0.1) is 0 Å². The molecule has 0 bridgehead atoms. The molecule has 0 radical (unpaired) electrons. The number of rotatable bonds is 1. The molecule has 4 heterocycles. The van der Waals surface area contributed by atoms with Crippen LogP contribution >= 0.6 is 11.8 Å². The lowest BCUT2D eigenvalue weighted by atomic mass is 10.1. The highest BCUT2D eigenvalue weighted by molar-refractivity contribution is 8.03. The van der Waals surface area contributed by atoms with Crippen molar-refractivity contribution >= 4 is 34.9 Å². The molecule has 0 spiro atoms. The van der Waals surface area contributed by atoms with Gasteiger partial charge in [0.1, 0.15) is 0 Å². The van der Waals surface area contributed by atoms with E-state index in [-0.39, 0.29) is 0 Å². The first-order chi connectivity index (χ1) is 12.6. The molecule has 1 N–H and O–H groups in total. The predicted molar refractivity (Wildman–Crippen MR) is 105 cm³/mol. The third kappa shape index (κ3) is 2.27. The number of aromatic nitrogens is 2. The van der Waals surface area contributed by atoms with Crippen LogP contribution in [-0.2, 0) is 0 Å². The van der Waals surface area contributed by atoms with Crippen molar-refractivity contribution in [2.75, 3.05) is 16.5 Å². The van der Waals surface area contributed by atoms with E-state index in [1.807, 2.05) is 19.9 Å². The molecular formula is C19H18N6S. The number of thioether (sulfide) groups is 1. The zero-order valence-corrected chi connectivity index (χ0v) is 15.5. The van der Waals surface area contributed by atoms with Crippen LogP contribution in [0, 0.1) is 19.3 Å². The van der Waals surface area contributed by atoms with E-state index in [4.69, 9.17) is 10.5 Å². The number of nitrogens with zero attached hydrogens (tertiary/aromatic N) is 5. The summed E-state index contributed by atoms with van der Waals surface area (Å²) in [6.45, 7) is 4.83. The van der Waals surface area contributed by atoms with Crippen LogP contribution in [0.1, 0.15) is 24.2 Å². The van der Waals surface area contributed by atoms with Crippen molar-refractivity contribution in [3.05, 3.63) is 52.3 Å². The van der Waals surface area contributed by atoms with Crippen molar-refractivity contribution in [1.82, 2.24) is 9.97 Å². The highest BCUT2D eigenvalue weighted by atomic mass is 32.2. The van der Waals surface area contributed by atoms with Gasteiger partial charge >= 0.3 is 0 Å². The fourth-order valence-electron chi connectivity index (χ4n) is 3.66. The minimum atomic E-state index is 0.368. The molecule has 0 saturated heterocycles. The lowest BCUT2D eigenvalue weighted by Crippen LogP contribution is -2.26. The second kappa shape index (κ2) is 5.67. The highest BCUT2D eigenvalue weighted by Crippen LogP contribution is 2.49. The summed E-state index contributed by atoms with van der Waals surface area (Å²) >= 11 is 1.73. The van der Waals surface area contributed by atoms with Crippen LogP contribution in [-0.4, -0.2) is 28.1 Å². The minimum absolute atomic E-state index is 0.368. The number of benzene rings is 1. The number of hydrogen-bond donors (Lipinski definition) is 1. The van der Waals surface area contributed by atoms with Crippen molar-refractivity contribution in [3.8, 4) is 0 Å². The topological polar surface area (TPSA) is 68.5 Å². The first-order valence-electron chi connectivity index (χ1n) is 8.70. The fourth-order valence-corrected chi connectivity index (χ4v) is 4.91. The molecule has 3 aliphatic heterocycles. The third-order valence-electron chi connectivity index (χ3n) is 4.73. The molecule has 7 heteroatoms. The summed E-state index contributed by atoms with van der Waals surface area (Å²) in [6, 6.07) is 10.4. The number of nitrogens with one attached hydrogen (secondary N) is 1. The molecule has 1 aromatic heterocycles. The van der Waals surface area contributed by atoms with E-state index in [1.54, 1.807) is 16.8 Å².